The van der Waals surface area contributed by atoms with Crippen LogP contribution in [0.1, 0.15) is 51.8 Å². The summed E-state index contributed by atoms with van der Waals surface area (Å²) < 4.78 is 2.12. The van der Waals surface area contributed by atoms with Crippen molar-refractivity contribution >= 4 is 70.2 Å². The fraction of sp³-hybridized carbons (Fsp3) is 0.318. The van der Waals surface area contributed by atoms with Crippen LogP contribution in [0.15, 0.2) is 112 Å². The summed E-state index contributed by atoms with van der Waals surface area (Å²) in [6.45, 7) is 10.1. The highest BCUT2D eigenvalue weighted by Crippen LogP contribution is 2.41. The maximum atomic E-state index is 13.0. The lowest BCUT2D eigenvalue weighted by Gasteiger charge is -2.49. The maximum Gasteiger partial charge on any atom is 0.352 e. The van der Waals surface area contributed by atoms with Crippen LogP contribution in [0, 0.1) is 6.92 Å². The number of carbonyl (C=O) groups excluding carboxylic acids is 2. The molecule has 2 amide bonds. The number of allylic oxidation sites excluding steroid dienone is 2. The Labute approximate surface area is 350 Å². The topological polar surface area (TPSA) is 175 Å². The molecule has 2 unspecified atom stereocenters. The minimum absolute atomic E-state index is 0.0189. The lowest BCUT2D eigenvalue weighted by Crippen LogP contribution is -2.70. The van der Waals surface area contributed by atoms with Crippen LogP contribution >= 0.6 is 23.5 Å². The van der Waals surface area contributed by atoms with Crippen molar-refractivity contribution in [1.82, 2.24) is 19.8 Å². The standard InChI is InChI=1S/C32H32N6O4S2.C8H12N2.2C2H6/c1-18-14-26(24-4-3-13-34-24)37(2)25(18)15-22-8-7-21(35-22)9-12-27(39)36-28-30(40)38-29(32(41)42)19(17-44-31(28)38)16-43-23-10-5-20(33)6-11-23;1-10(2)8-5-3-7(9)4-6-8;2*1-2/h3-8,10-11,13-15,28,31,34H,9,12,16-17,33H2,1-2H3,(H,36,39)(H,41,42);3-6H,9H2,1-2H3;2*1-2H3/b22-15-;;;. The number of carbonyl (C=O) groups is 3. The third kappa shape index (κ3) is 11.1. The number of nitrogens with two attached hydrogens (primary N) is 2. The summed E-state index contributed by atoms with van der Waals surface area (Å²) in [6.07, 6.45) is 8.37. The first-order valence-corrected chi connectivity index (χ1v) is 21.4. The van der Waals surface area contributed by atoms with Gasteiger partial charge in [0.15, 0.2) is 0 Å². The average molecular weight is 825 g/mol. The van der Waals surface area contributed by atoms with Crippen LogP contribution in [0.25, 0.3) is 17.5 Å². The largest absolute Gasteiger partial charge is 0.477 e. The number of aliphatic imine (C=N–C) groups is 1. The number of anilines is 3. The summed E-state index contributed by atoms with van der Waals surface area (Å²) in [5.74, 6) is -0.897. The molecule has 2 aromatic carbocycles. The minimum Gasteiger partial charge on any atom is -0.477 e. The van der Waals surface area contributed by atoms with Crippen LogP contribution in [0.4, 0.5) is 17.1 Å². The summed E-state index contributed by atoms with van der Waals surface area (Å²) >= 11 is 2.97. The van der Waals surface area contributed by atoms with E-state index in [9.17, 15) is 19.5 Å². The highest BCUT2D eigenvalue weighted by molar-refractivity contribution is 8.01. The molecule has 1 fully saturated rings. The Hall–Kier alpha value is -5.60. The van der Waals surface area contributed by atoms with Gasteiger partial charge >= 0.3 is 5.97 Å². The molecule has 12 nitrogen and oxygen atoms in total. The number of H-pyrrole nitrogens is 1. The zero-order valence-electron chi connectivity index (χ0n) is 34.6. The second-order valence-corrected chi connectivity index (χ2v) is 15.5. The maximum absolute atomic E-state index is 13.0. The average Bonchev–Trinajstić information content (AvgIpc) is 3.99. The Morgan fingerprint density at radius 3 is 2.29 bits per heavy atom. The van der Waals surface area contributed by atoms with Crippen LogP contribution in [0.3, 0.4) is 0 Å². The molecule has 14 heteroatoms. The number of aryl methyl sites for hydroxylation is 1. The molecule has 4 aromatic rings. The zero-order chi connectivity index (χ0) is 42.5. The Morgan fingerprint density at radius 2 is 1.69 bits per heavy atom. The van der Waals surface area contributed by atoms with Crippen LogP contribution in [0.2, 0.25) is 0 Å². The van der Waals surface area contributed by atoms with Crippen LogP contribution < -0.4 is 21.7 Å². The van der Waals surface area contributed by atoms with E-state index in [1.54, 1.807) is 12.1 Å². The lowest BCUT2D eigenvalue weighted by atomic mass is 10.0. The van der Waals surface area contributed by atoms with Crippen molar-refractivity contribution in [2.45, 2.75) is 63.8 Å². The summed E-state index contributed by atoms with van der Waals surface area (Å²) in [5, 5.41) is 12.3. The number of fused-ring (bicyclic) bond motifs is 1. The number of nitrogens with one attached hydrogen (secondary N) is 2. The summed E-state index contributed by atoms with van der Waals surface area (Å²) in [4.78, 5) is 50.3. The molecule has 58 heavy (non-hydrogen) atoms. The van der Waals surface area contributed by atoms with Crippen molar-refractivity contribution < 1.29 is 19.5 Å². The van der Waals surface area contributed by atoms with Gasteiger partial charge in [0.2, 0.25) is 5.91 Å². The first-order chi connectivity index (χ1) is 27.9. The molecule has 3 aliphatic heterocycles. The molecule has 0 radical (unpaired) electrons. The number of nitrogens with zero attached hydrogens (tertiary/aromatic N) is 4. The number of aromatic amines is 1. The first-order valence-electron chi connectivity index (χ1n) is 19.4. The van der Waals surface area contributed by atoms with Gasteiger partial charge < -0.3 is 36.3 Å². The third-order valence-electron chi connectivity index (χ3n) is 9.23. The fourth-order valence-corrected chi connectivity index (χ4v) is 8.68. The van der Waals surface area contributed by atoms with E-state index in [4.69, 9.17) is 16.5 Å². The molecule has 0 bridgehead atoms. The molecule has 7 N–H and O–H groups in total. The van der Waals surface area contributed by atoms with Gasteiger partial charge in [-0.1, -0.05) is 27.7 Å². The number of aromatic nitrogens is 2. The minimum atomic E-state index is -1.14. The molecule has 7 rings (SSSR count). The quantitative estimate of drug-likeness (QED) is 0.0571. The highest BCUT2D eigenvalue weighted by atomic mass is 32.2. The van der Waals surface area contributed by atoms with Crippen molar-refractivity contribution in [2.24, 2.45) is 12.0 Å². The number of rotatable bonds is 11. The molecular weight excluding hydrogens is 769 g/mol. The Morgan fingerprint density at radius 1 is 1.03 bits per heavy atom. The van der Waals surface area contributed by atoms with E-state index in [1.165, 1.54) is 34.1 Å². The number of benzene rings is 2. The summed E-state index contributed by atoms with van der Waals surface area (Å²) in [7, 11) is 6.03. The van der Waals surface area contributed by atoms with E-state index in [-0.39, 0.29) is 18.0 Å². The molecule has 5 heterocycles. The van der Waals surface area contributed by atoms with Gasteiger partial charge in [-0.05, 0) is 109 Å². The third-order valence-corrected chi connectivity index (χ3v) is 11.7. The van der Waals surface area contributed by atoms with Crippen LogP contribution in [-0.2, 0) is 21.4 Å². The van der Waals surface area contributed by atoms with Gasteiger partial charge in [-0.15, -0.1) is 23.5 Å². The molecule has 0 spiro atoms. The Kier molecular flexibility index (Phi) is 16.5. The Balaban J connectivity index is 0.000000457. The van der Waals surface area contributed by atoms with Crippen LogP contribution in [0.5, 0.6) is 0 Å². The summed E-state index contributed by atoms with van der Waals surface area (Å²) in [5.41, 5.74) is 20.5. The van der Waals surface area contributed by atoms with Crippen molar-refractivity contribution in [3.05, 3.63) is 113 Å². The molecule has 0 aliphatic carbocycles. The molecule has 0 saturated carbocycles. The van der Waals surface area contributed by atoms with Crippen molar-refractivity contribution in [1.29, 1.82) is 0 Å². The molecule has 1 saturated heterocycles. The van der Waals surface area contributed by atoms with E-state index < -0.39 is 23.3 Å². The predicted molar refractivity (Wildman–Crippen MR) is 243 cm³/mol. The number of nitrogen functional groups attached to an aromatic ring is 2. The number of amides is 2. The number of hydrogen-bond donors (Lipinski definition) is 5. The second-order valence-electron chi connectivity index (χ2n) is 13.3. The smallest absolute Gasteiger partial charge is 0.352 e. The molecular formula is C44H56N8O4S2. The number of thioether (sulfide) groups is 2. The van der Waals surface area contributed by atoms with E-state index in [0.29, 0.717) is 29.2 Å². The molecule has 3 aliphatic rings. The van der Waals surface area contributed by atoms with Gasteiger partial charge in [-0.25, -0.2) is 4.79 Å². The van der Waals surface area contributed by atoms with E-state index in [2.05, 4.69) is 27.9 Å². The van der Waals surface area contributed by atoms with E-state index in [1.807, 2.05) is 127 Å². The number of β-lactam (4-membered cyclic amide) rings is 1. The van der Waals surface area contributed by atoms with Gasteiger partial charge in [0.1, 0.15) is 17.1 Å². The predicted octanol–water partition coefficient (Wildman–Crippen LogP) is 7.96. The monoisotopic (exact) mass is 824 g/mol. The highest BCUT2D eigenvalue weighted by Gasteiger charge is 2.54. The zero-order valence-corrected chi connectivity index (χ0v) is 36.2. The van der Waals surface area contributed by atoms with E-state index in [0.717, 1.165) is 44.6 Å². The van der Waals surface area contributed by atoms with Crippen molar-refractivity contribution in [3.8, 4) is 11.4 Å². The summed E-state index contributed by atoms with van der Waals surface area (Å²) in [6, 6.07) is 20.5. The molecule has 2 atom stereocenters. The fourth-order valence-electron chi connectivity index (χ4n) is 6.30. The van der Waals surface area contributed by atoms with E-state index >= 15 is 0 Å². The van der Waals surface area contributed by atoms with Gasteiger partial charge in [-0.2, -0.15) is 0 Å². The van der Waals surface area contributed by atoms with Crippen molar-refractivity contribution in [3.63, 3.8) is 0 Å². The van der Waals surface area contributed by atoms with Gasteiger partial charge in [0.05, 0.1) is 17.1 Å². The Bertz CT molecular complexity index is 2150. The lowest BCUT2D eigenvalue weighted by molar-refractivity contribution is -0.150. The molecule has 2 aromatic heterocycles. The van der Waals surface area contributed by atoms with Gasteiger partial charge in [0.25, 0.3) is 5.91 Å². The van der Waals surface area contributed by atoms with Gasteiger partial charge in [-0.3, -0.25) is 19.5 Å². The number of hydrogen-bond acceptors (Lipinski definition) is 9. The van der Waals surface area contributed by atoms with Gasteiger partial charge in [0, 0.05) is 78.6 Å². The number of aliphatic carboxylic acids is 1. The second kappa shape index (κ2) is 21.2. The van der Waals surface area contributed by atoms with Crippen molar-refractivity contribution in [2.75, 3.05) is 42.0 Å². The number of carboxylic acid groups (broad SMARTS) is 1. The number of carboxylic acids is 1. The van der Waals surface area contributed by atoms with Crippen LogP contribution in [-0.4, -0.2) is 80.1 Å². The SMILES string of the molecule is CC.CC.CN(C)c1ccc(N)cc1.Cc1cc(-c2ccc[nH]2)n(C)c1/C=C1/C=CC(CCC(=O)NC2C(=O)N3C(C(=O)O)=C(CSc4ccc(N)cc4)CSC23)=N1. The molecule has 308 valence electrons. The first kappa shape index (κ1) is 45.1. The normalized spacial score (nSPS) is 17.1.